The average Bonchev–Trinajstić information content (AvgIpc) is 2.48. The van der Waals surface area contributed by atoms with Crippen LogP contribution in [0.2, 0.25) is 0 Å². The summed E-state index contributed by atoms with van der Waals surface area (Å²) >= 11 is 0. The van der Waals surface area contributed by atoms with Gasteiger partial charge in [-0.15, -0.1) is 0 Å². The third-order valence-electron chi connectivity index (χ3n) is 3.89. The molecule has 122 valence electrons. The molecule has 0 radical (unpaired) electrons. The molecule has 1 unspecified atom stereocenters. The van der Waals surface area contributed by atoms with Crippen molar-refractivity contribution in [3.05, 3.63) is 0 Å². The van der Waals surface area contributed by atoms with Crippen LogP contribution in [0.5, 0.6) is 0 Å². The Kier molecular flexibility index (Phi) is 5.98. The summed E-state index contributed by atoms with van der Waals surface area (Å²) in [5, 5.41) is 6.10. The van der Waals surface area contributed by atoms with Crippen LogP contribution in [-0.2, 0) is 19.6 Å². The van der Waals surface area contributed by atoms with Gasteiger partial charge in [0.1, 0.15) is 6.04 Å². The Morgan fingerprint density at radius 2 is 2.10 bits per heavy atom. The van der Waals surface area contributed by atoms with Crippen LogP contribution in [0.4, 0.5) is 0 Å². The Bertz CT molecular complexity index is 440. The molecule has 2 fully saturated rings. The van der Waals surface area contributed by atoms with Crippen molar-refractivity contribution in [2.24, 2.45) is 0 Å². The fourth-order valence-electron chi connectivity index (χ4n) is 2.70. The number of morpholine rings is 1. The van der Waals surface area contributed by atoms with Gasteiger partial charge in [-0.05, 0) is 19.3 Å². The molecule has 7 nitrogen and oxygen atoms in total. The first kappa shape index (κ1) is 16.7. The summed E-state index contributed by atoms with van der Waals surface area (Å²) in [5.74, 6) is 0.150. The fourth-order valence-corrected chi connectivity index (χ4v) is 4.24. The number of nitrogens with one attached hydrogen (secondary N) is 2. The number of hydrogen-bond acceptors (Lipinski definition) is 5. The average molecular weight is 319 g/mol. The molecule has 21 heavy (non-hydrogen) atoms. The number of hydrogen-bond donors (Lipinski definition) is 2. The van der Waals surface area contributed by atoms with Crippen LogP contribution in [-0.4, -0.2) is 69.3 Å². The highest BCUT2D eigenvalue weighted by molar-refractivity contribution is 7.89. The maximum atomic E-state index is 12.1. The van der Waals surface area contributed by atoms with Gasteiger partial charge >= 0.3 is 0 Å². The molecule has 0 aromatic heterocycles. The lowest BCUT2D eigenvalue weighted by Crippen LogP contribution is -2.55. The first-order valence-corrected chi connectivity index (χ1v) is 9.23. The molecule has 0 aromatic rings. The van der Waals surface area contributed by atoms with Crippen molar-refractivity contribution in [1.82, 2.24) is 14.9 Å². The van der Waals surface area contributed by atoms with Crippen LogP contribution in [0, 0.1) is 0 Å². The van der Waals surface area contributed by atoms with E-state index in [1.807, 2.05) is 6.92 Å². The van der Waals surface area contributed by atoms with Gasteiger partial charge in [0.15, 0.2) is 0 Å². The molecule has 0 aliphatic carbocycles. The molecule has 2 heterocycles. The first-order chi connectivity index (χ1) is 10.0. The summed E-state index contributed by atoms with van der Waals surface area (Å²) in [4.78, 5) is 12.1. The van der Waals surface area contributed by atoms with Gasteiger partial charge < -0.3 is 15.4 Å². The molecule has 0 bridgehead atoms. The molecule has 1 amide bonds. The summed E-state index contributed by atoms with van der Waals surface area (Å²) < 4.78 is 30.8. The van der Waals surface area contributed by atoms with Crippen LogP contribution in [0.15, 0.2) is 0 Å². The summed E-state index contributed by atoms with van der Waals surface area (Å²) in [6.07, 6.45) is 1.97. The molecule has 0 spiro atoms. The zero-order valence-corrected chi connectivity index (χ0v) is 13.3. The number of carbonyl (C=O) groups excluding carboxylic acids is 1. The maximum Gasteiger partial charge on any atom is 0.239 e. The van der Waals surface area contributed by atoms with Gasteiger partial charge in [-0.25, -0.2) is 12.7 Å². The highest BCUT2D eigenvalue weighted by atomic mass is 32.2. The van der Waals surface area contributed by atoms with E-state index in [1.54, 1.807) is 4.31 Å². The van der Waals surface area contributed by atoms with Gasteiger partial charge in [-0.2, -0.15) is 0 Å². The second kappa shape index (κ2) is 7.53. The molecule has 2 rings (SSSR count). The summed E-state index contributed by atoms with van der Waals surface area (Å²) in [6, 6.07) is -0.241. The molecule has 2 aliphatic rings. The van der Waals surface area contributed by atoms with Crippen LogP contribution >= 0.6 is 0 Å². The minimum absolute atomic E-state index is 0.0503. The minimum atomic E-state index is -3.12. The quantitative estimate of drug-likeness (QED) is 0.699. The van der Waals surface area contributed by atoms with Gasteiger partial charge in [0.05, 0.1) is 19.0 Å². The van der Waals surface area contributed by atoms with E-state index < -0.39 is 10.0 Å². The molecular formula is C13H25N3O4S. The van der Waals surface area contributed by atoms with Crippen molar-refractivity contribution in [3.63, 3.8) is 0 Å². The van der Waals surface area contributed by atoms with Crippen LogP contribution in [0.3, 0.4) is 0 Å². The highest BCUT2D eigenvalue weighted by Gasteiger charge is 2.29. The van der Waals surface area contributed by atoms with Gasteiger partial charge in [0.2, 0.25) is 15.9 Å². The van der Waals surface area contributed by atoms with Crippen molar-refractivity contribution in [2.45, 2.75) is 38.3 Å². The molecule has 2 N–H and O–H groups in total. The largest absolute Gasteiger partial charge is 0.378 e. The Morgan fingerprint density at radius 1 is 1.38 bits per heavy atom. The summed E-state index contributed by atoms with van der Waals surface area (Å²) in [6.45, 7) is 4.56. The number of rotatable bonds is 5. The smallest absolute Gasteiger partial charge is 0.239 e. The lowest BCUT2D eigenvalue weighted by atomic mass is 10.1. The van der Waals surface area contributed by atoms with E-state index in [0.29, 0.717) is 52.1 Å². The number of nitrogens with zero attached hydrogens (tertiary/aromatic N) is 1. The van der Waals surface area contributed by atoms with Crippen molar-refractivity contribution in [3.8, 4) is 0 Å². The monoisotopic (exact) mass is 319 g/mol. The van der Waals surface area contributed by atoms with Crippen LogP contribution in [0.1, 0.15) is 26.2 Å². The van der Waals surface area contributed by atoms with Crippen molar-refractivity contribution < 1.29 is 17.9 Å². The second-order valence-corrected chi connectivity index (χ2v) is 7.67. The molecule has 1 atom stereocenters. The molecule has 8 heteroatoms. The van der Waals surface area contributed by atoms with Gasteiger partial charge in [-0.1, -0.05) is 6.92 Å². The zero-order chi connectivity index (χ0) is 15.3. The van der Waals surface area contributed by atoms with Gasteiger partial charge in [0, 0.05) is 25.7 Å². The van der Waals surface area contributed by atoms with Gasteiger partial charge in [0.25, 0.3) is 0 Å². The Balaban J connectivity index is 1.77. The van der Waals surface area contributed by atoms with E-state index >= 15 is 0 Å². The number of sulfonamides is 1. The number of piperidine rings is 1. The lowest BCUT2D eigenvalue weighted by molar-refractivity contribution is -0.126. The third kappa shape index (κ3) is 4.64. The molecule has 0 aromatic carbocycles. The predicted octanol–water partition coefficient (Wildman–Crippen LogP) is -0.705. The summed E-state index contributed by atoms with van der Waals surface area (Å²) in [5.41, 5.74) is 0. The number of amides is 1. The Morgan fingerprint density at radius 3 is 2.67 bits per heavy atom. The van der Waals surface area contributed by atoms with Crippen molar-refractivity contribution in [2.75, 3.05) is 38.6 Å². The van der Waals surface area contributed by atoms with Crippen LogP contribution < -0.4 is 10.6 Å². The van der Waals surface area contributed by atoms with Gasteiger partial charge in [-0.3, -0.25) is 4.79 Å². The number of carbonyl (C=O) groups is 1. The third-order valence-corrected chi connectivity index (χ3v) is 5.97. The molecular weight excluding hydrogens is 294 g/mol. The van der Waals surface area contributed by atoms with E-state index in [2.05, 4.69) is 10.6 Å². The highest BCUT2D eigenvalue weighted by Crippen LogP contribution is 2.15. The van der Waals surface area contributed by atoms with E-state index in [9.17, 15) is 13.2 Å². The first-order valence-electron chi connectivity index (χ1n) is 7.62. The zero-order valence-electron chi connectivity index (χ0n) is 12.5. The molecule has 2 aliphatic heterocycles. The Labute approximate surface area is 126 Å². The number of ether oxygens (including phenoxy) is 1. The van der Waals surface area contributed by atoms with Crippen LogP contribution in [0.25, 0.3) is 0 Å². The van der Waals surface area contributed by atoms with E-state index in [1.165, 1.54) is 0 Å². The fraction of sp³-hybridized carbons (Fsp3) is 0.923. The van der Waals surface area contributed by atoms with Crippen molar-refractivity contribution in [1.29, 1.82) is 0 Å². The minimum Gasteiger partial charge on any atom is -0.378 e. The molecule has 0 saturated carbocycles. The lowest BCUT2D eigenvalue weighted by Gasteiger charge is -2.33. The summed E-state index contributed by atoms with van der Waals surface area (Å²) in [7, 11) is -3.12. The van der Waals surface area contributed by atoms with E-state index in [-0.39, 0.29) is 23.7 Å². The van der Waals surface area contributed by atoms with Crippen molar-refractivity contribution >= 4 is 15.9 Å². The van der Waals surface area contributed by atoms with E-state index in [4.69, 9.17) is 4.74 Å². The second-order valence-electron chi connectivity index (χ2n) is 5.58. The predicted molar refractivity (Wildman–Crippen MR) is 79.4 cm³/mol. The maximum absolute atomic E-state index is 12.1. The van der Waals surface area contributed by atoms with E-state index in [0.717, 1.165) is 0 Å². The standard InChI is InChI=1S/C13H25N3O4S/c1-2-9-21(18,19)16-6-3-11(4-7-16)15-13(17)12-10-20-8-5-14-12/h11-12,14H,2-10H2,1H3,(H,15,17). The Hall–Kier alpha value is -0.700. The normalized spacial score (nSPS) is 25.7. The SMILES string of the molecule is CCCS(=O)(=O)N1CCC(NC(=O)C2COCCN2)CC1. The molecule has 2 saturated heterocycles. The topological polar surface area (TPSA) is 87.7 Å².